The Balaban J connectivity index is 1.52. The highest BCUT2D eigenvalue weighted by Gasteiger charge is 2.30. The van der Waals surface area contributed by atoms with Crippen LogP contribution in [0.1, 0.15) is 43.9 Å². The molecule has 1 saturated carbocycles. The molecule has 1 aliphatic heterocycles. The second-order valence-corrected chi connectivity index (χ2v) is 6.78. The maximum atomic E-state index is 5.66. The van der Waals surface area contributed by atoms with Gasteiger partial charge in [0.2, 0.25) is 0 Å². The Hall–Kier alpha value is -0.970. The smallest absolute Gasteiger partial charge is 0.0777 e. The van der Waals surface area contributed by atoms with Crippen molar-refractivity contribution in [1.29, 1.82) is 0 Å². The van der Waals surface area contributed by atoms with Crippen LogP contribution in [0.15, 0.2) is 18.3 Å². The molecule has 2 heterocycles. The molecule has 2 aliphatic rings. The van der Waals surface area contributed by atoms with Crippen LogP contribution in [0.2, 0.25) is 0 Å². The van der Waals surface area contributed by atoms with Crippen LogP contribution in [-0.2, 0) is 17.8 Å². The Labute approximate surface area is 127 Å². The van der Waals surface area contributed by atoms with E-state index in [9.17, 15) is 0 Å². The minimum atomic E-state index is 0.00632. The molecule has 1 aromatic heterocycles. The average molecular weight is 289 g/mol. The first-order valence-electron chi connectivity index (χ1n) is 8.12. The SMILES string of the molecule is COC1(C)CCCN(Cc2ccc(CNC3CC3)cn2)C1. The molecule has 2 fully saturated rings. The molecule has 1 unspecified atom stereocenters. The van der Waals surface area contributed by atoms with E-state index in [-0.39, 0.29) is 5.60 Å². The molecule has 1 aromatic rings. The van der Waals surface area contributed by atoms with Gasteiger partial charge in [0.15, 0.2) is 0 Å². The van der Waals surface area contributed by atoms with Crippen molar-refractivity contribution in [3.05, 3.63) is 29.6 Å². The van der Waals surface area contributed by atoms with E-state index < -0.39 is 0 Å². The van der Waals surface area contributed by atoms with Crippen molar-refractivity contribution in [2.75, 3.05) is 20.2 Å². The monoisotopic (exact) mass is 289 g/mol. The van der Waals surface area contributed by atoms with E-state index in [4.69, 9.17) is 4.74 Å². The van der Waals surface area contributed by atoms with Crippen LogP contribution in [0.3, 0.4) is 0 Å². The van der Waals surface area contributed by atoms with Gasteiger partial charge in [0.1, 0.15) is 0 Å². The lowest BCUT2D eigenvalue weighted by molar-refractivity contribution is -0.0529. The normalized spacial score (nSPS) is 27.0. The first-order valence-corrected chi connectivity index (χ1v) is 8.12. The number of hydrogen-bond donors (Lipinski definition) is 1. The van der Waals surface area contributed by atoms with Gasteiger partial charge in [0.25, 0.3) is 0 Å². The number of hydrogen-bond acceptors (Lipinski definition) is 4. The third-order valence-corrected chi connectivity index (χ3v) is 4.67. The summed E-state index contributed by atoms with van der Waals surface area (Å²) in [6, 6.07) is 5.13. The van der Waals surface area contributed by atoms with Gasteiger partial charge < -0.3 is 10.1 Å². The van der Waals surface area contributed by atoms with E-state index in [2.05, 4.69) is 34.3 Å². The van der Waals surface area contributed by atoms with E-state index >= 15 is 0 Å². The molecule has 116 valence electrons. The zero-order chi connectivity index (χ0) is 14.7. The Morgan fingerprint density at radius 3 is 2.95 bits per heavy atom. The molecule has 4 heteroatoms. The summed E-state index contributed by atoms with van der Waals surface area (Å²) in [6.07, 6.45) is 7.04. The Morgan fingerprint density at radius 2 is 2.29 bits per heavy atom. The number of nitrogens with one attached hydrogen (secondary N) is 1. The predicted octanol–water partition coefficient (Wildman–Crippen LogP) is 2.33. The number of piperidine rings is 1. The van der Waals surface area contributed by atoms with E-state index in [1.807, 2.05) is 13.3 Å². The number of likely N-dealkylation sites (tertiary alicyclic amines) is 1. The standard InChI is InChI=1S/C17H27N3O/c1-17(21-2)8-3-9-20(13-17)12-16-5-4-14(11-19-16)10-18-15-6-7-15/h4-5,11,15,18H,3,6-10,12-13H2,1-2H3. The van der Waals surface area contributed by atoms with Crippen molar-refractivity contribution in [3.63, 3.8) is 0 Å². The molecule has 1 saturated heterocycles. The highest BCUT2D eigenvalue weighted by Crippen LogP contribution is 2.24. The van der Waals surface area contributed by atoms with E-state index in [1.54, 1.807) is 0 Å². The predicted molar refractivity (Wildman–Crippen MR) is 84.0 cm³/mol. The van der Waals surface area contributed by atoms with Gasteiger partial charge in [-0.2, -0.15) is 0 Å². The molecule has 1 aliphatic carbocycles. The van der Waals surface area contributed by atoms with Crippen LogP contribution in [-0.4, -0.2) is 41.7 Å². The van der Waals surface area contributed by atoms with E-state index in [0.29, 0.717) is 0 Å². The van der Waals surface area contributed by atoms with E-state index in [1.165, 1.54) is 24.8 Å². The van der Waals surface area contributed by atoms with Gasteiger partial charge in [-0.05, 0) is 50.8 Å². The van der Waals surface area contributed by atoms with Crippen molar-refractivity contribution in [2.45, 2.75) is 57.3 Å². The summed E-state index contributed by atoms with van der Waals surface area (Å²) in [5.74, 6) is 0. The van der Waals surface area contributed by atoms with Gasteiger partial charge in [-0.1, -0.05) is 6.07 Å². The zero-order valence-electron chi connectivity index (χ0n) is 13.3. The number of methoxy groups -OCH3 is 1. The highest BCUT2D eigenvalue weighted by atomic mass is 16.5. The Bertz CT molecular complexity index is 458. The summed E-state index contributed by atoms with van der Waals surface area (Å²) in [7, 11) is 1.82. The molecule has 3 rings (SSSR count). The molecule has 0 radical (unpaired) electrons. The van der Waals surface area contributed by atoms with Crippen molar-refractivity contribution in [2.24, 2.45) is 0 Å². The van der Waals surface area contributed by atoms with Gasteiger partial charge in [-0.3, -0.25) is 9.88 Å². The van der Waals surface area contributed by atoms with Gasteiger partial charge in [0.05, 0.1) is 11.3 Å². The first-order chi connectivity index (χ1) is 10.2. The zero-order valence-corrected chi connectivity index (χ0v) is 13.3. The molecule has 0 spiro atoms. The van der Waals surface area contributed by atoms with Crippen LogP contribution >= 0.6 is 0 Å². The number of rotatable bonds is 6. The van der Waals surface area contributed by atoms with Crippen molar-refractivity contribution < 1.29 is 4.74 Å². The van der Waals surface area contributed by atoms with Crippen LogP contribution in [0, 0.1) is 0 Å². The summed E-state index contributed by atoms with van der Waals surface area (Å²) in [4.78, 5) is 7.08. The van der Waals surface area contributed by atoms with Gasteiger partial charge in [-0.15, -0.1) is 0 Å². The summed E-state index contributed by atoms with van der Waals surface area (Å²) in [5.41, 5.74) is 2.45. The van der Waals surface area contributed by atoms with Crippen LogP contribution in [0.25, 0.3) is 0 Å². The fourth-order valence-corrected chi connectivity index (χ4v) is 3.04. The van der Waals surface area contributed by atoms with Crippen LogP contribution in [0.5, 0.6) is 0 Å². The summed E-state index contributed by atoms with van der Waals surface area (Å²) >= 11 is 0. The lowest BCUT2D eigenvalue weighted by Gasteiger charge is -2.39. The topological polar surface area (TPSA) is 37.4 Å². The quantitative estimate of drug-likeness (QED) is 0.872. The first kappa shape index (κ1) is 14.9. The summed E-state index contributed by atoms with van der Waals surface area (Å²) < 4.78 is 5.66. The highest BCUT2D eigenvalue weighted by molar-refractivity contribution is 5.14. The molecule has 4 nitrogen and oxygen atoms in total. The maximum absolute atomic E-state index is 5.66. The number of ether oxygens (including phenoxy) is 1. The van der Waals surface area contributed by atoms with Crippen molar-refractivity contribution in [1.82, 2.24) is 15.2 Å². The molecular weight excluding hydrogens is 262 g/mol. The van der Waals surface area contributed by atoms with E-state index in [0.717, 1.165) is 44.3 Å². The van der Waals surface area contributed by atoms with Crippen molar-refractivity contribution >= 4 is 0 Å². The summed E-state index contributed by atoms with van der Waals surface area (Å²) in [6.45, 7) is 6.22. The Kier molecular flexibility index (Phi) is 4.57. The van der Waals surface area contributed by atoms with Crippen LogP contribution in [0.4, 0.5) is 0 Å². The number of aromatic nitrogens is 1. The Morgan fingerprint density at radius 1 is 1.43 bits per heavy atom. The molecule has 1 N–H and O–H groups in total. The molecule has 0 amide bonds. The maximum Gasteiger partial charge on any atom is 0.0777 e. The van der Waals surface area contributed by atoms with Crippen LogP contribution < -0.4 is 5.32 Å². The molecule has 1 atom stereocenters. The van der Waals surface area contributed by atoms with Crippen molar-refractivity contribution in [3.8, 4) is 0 Å². The van der Waals surface area contributed by atoms with Gasteiger partial charge in [-0.25, -0.2) is 0 Å². The second kappa shape index (κ2) is 6.42. The average Bonchev–Trinajstić information content (AvgIpc) is 3.31. The molecular formula is C17H27N3O. The number of pyridine rings is 1. The fraction of sp³-hybridized carbons (Fsp3) is 0.706. The third-order valence-electron chi connectivity index (χ3n) is 4.67. The van der Waals surface area contributed by atoms with Gasteiger partial charge in [0, 0.05) is 39.0 Å². The molecule has 21 heavy (non-hydrogen) atoms. The summed E-state index contributed by atoms with van der Waals surface area (Å²) in [5, 5.41) is 3.53. The molecule has 0 bridgehead atoms. The minimum Gasteiger partial charge on any atom is -0.377 e. The lowest BCUT2D eigenvalue weighted by Crippen LogP contribution is -2.46. The largest absolute Gasteiger partial charge is 0.377 e. The van der Waals surface area contributed by atoms with Gasteiger partial charge >= 0.3 is 0 Å². The minimum absolute atomic E-state index is 0.00632. The number of nitrogens with zero attached hydrogens (tertiary/aromatic N) is 2. The third kappa shape index (κ3) is 4.25. The fourth-order valence-electron chi connectivity index (χ4n) is 3.04. The second-order valence-electron chi connectivity index (χ2n) is 6.78. The lowest BCUT2D eigenvalue weighted by atomic mass is 9.94. The molecule has 0 aromatic carbocycles.